The Morgan fingerprint density at radius 3 is 1.90 bits per heavy atom. The fraction of sp³-hybridized carbons (Fsp3) is 0.692. The van der Waals surface area contributed by atoms with Crippen LogP contribution in [-0.4, -0.2) is 0 Å². The van der Waals surface area contributed by atoms with E-state index < -0.39 is 11.7 Å². The zero-order chi connectivity index (χ0) is 20.4. The van der Waals surface area contributed by atoms with Crippen LogP contribution in [0.4, 0.5) is 13.2 Å². The van der Waals surface area contributed by atoms with E-state index >= 15 is 0 Å². The van der Waals surface area contributed by atoms with Gasteiger partial charge >= 0.3 is 6.18 Å². The quantitative estimate of drug-likeness (QED) is 0.444. The lowest BCUT2D eigenvalue weighted by Crippen LogP contribution is -2.34. The summed E-state index contributed by atoms with van der Waals surface area (Å²) in [6.45, 7) is 2.13. The van der Waals surface area contributed by atoms with Gasteiger partial charge in [0.15, 0.2) is 0 Å². The van der Waals surface area contributed by atoms with Crippen molar-refractivity contribution in [1.29, 1.82) is 0 Å². The molecule has 3 heteroatoms. The van der Waals surface area contributed by atoms with Gasteiger partial charge in [0.05, 0.1) is 5.56 Å². The van der Waals surface area contributed by atoms with Gasteiger partial charge in [0, 0.05) is 0 Å². The Bertz CT molecular complexity index is 679. The Hall–Kier alpha value is -1.25. The Kier molecular flexibility index (Phi) is 6.41. The summed E-state index contributed by atoms with van der Waals surface area (Å²) in [5.41, 5.74) is 0.584. The molecule has 0 bridgehead atoms. The molecule has 4 rings (SSSR count). The highest BCUT2D eigenvalue weighted by Gasteiger charge is 2.39. The number of halogens is 3. The highest BCUT2D eigenvalue weighted by atomic mass is 19.4. The van der Waals surface area contributed by atoms with Crippen LogP contribution in [0, 0.1) is 29.6 Å². The topological polar surface area (TPSA) is 0 Å². The predicted octanol–water partition coefficient (Wildman–Crippen LogP) is 8.39. The number of benzene rings is 1. The van der Waals surface area contributed by atoms with Crippen molar-refractivity contribution >= 4 is 0 Å². The first kappa shape index (κ1) is 21.0. The first-order valence-corrected chi connectivity index (χ1v) is 11.7. The number of fused-ring (bicyclic) bond motifs is 1. The molecule has 160 valence electrons. The molecule has 0 nitrogen and oxygen atoms in total. The summed E-state index contributed by atoms with van der Waals surface area (Å²) in [7, 11) is 0. The molecule has 0 amide bonds. The molecule has 0 aromatic heterocycles. The molecule has 0 N–H and O–H groups in total. The van der Waals surface area contributed by atoms with Crippen LogP contribution < -0.4 is 0 Å². The molecule has 1 aromatic rings. The van der Waals surface area contributed by atoms with Crippen LogP contribution in [0.15, 0.2) is 36.4 Å². The molecule has 4 unspecified atom stereocenters. The molecule has 3 aliphatic rings. The Balaban J connectivity index is 1.30. The minimum Gasteiger partial charge on any atom is -0.166 e. The Morgan fingerprint density at radius 1 is 0.724 bits per heavy atom. The summed E-state index contributed by atoms with van der Waals surface area (Å²) in [5.74, 6) is 4.76. The molecule has 0 heterocycles. The van der Waals surface area contributed by atoms with Gasteiger partial charge in [-0.2, -0.15) is 13.2 Å². The molecule has 0 saturated heterocycles. The molecule has 1 aromatic carbocycles. The van der Waals surface area contributed by atoms with Gasteiger partial charge in [-0.15, -0.1) is 0 Å². The molecule has 0 radical (unpaired) electrons. The van der Waals surface area contributed by atoms with E-state index in [1.54, 1.807) is 12.1 Å². The van der Waals surface area contributed by atoms with Crippen molar-refractivity contribution in [3.8, 4) is 0 Å². The molecule has 0 spiro atoms. The monoisotopic (exact) mass is 404 g/mol. The van der Waals surface area contributed by atoms with Gasteiger partial charge in [0.2, 0.25) is 0 Å². The smallest absolute Gasteiger partial charge is 0.166 e. The third-order valence-corrected chi connectivity index (χ3v) is 8.31. The van der Waals surface area contributed by atoms with E-state index in [1.165, 1.54) is 69.9 Å². The SMILES string of the molecule is C/C=C/C1CCC(C2CCC3CC(c4ccc(C(F)(F)F)cc4)CCC3C2)CC1. The summed E-state index contributed by atoms with van der Waals surface area (Å²) in [6.07, 6.45) is 13.6. The second-order valence-corrected chi connectivity index (χ2v) is 9.92. The molecule has 4 atom stereocenters. The average molecular weight is 405 g/mol. The summed E-state index contributed by atoms with van der Waals surface area (Å²) < 4.78 is 38.5. The largest absolute Gasteiger partial charge is 0.416 e. The van der Waals surface area contributed by atoms with Gasteiger partial charge in [-0.3, -0.25) is 0 Å². The number of rotatable bonds is 3. The van der Waals surface area contributed by atoms with Crippen LogP contribution in [0.3, 0.4) is 0 Å². The Morgan fingerprint density at radius 2 is 1.28 bits per heavy atom. The van der Waals surface area contributed by atoms with E-state index in [4.69, 9.17) is 0 Å². The normalized spacial score (nSPS) is 36.1. The standard InChI is InChI=1S/C26H35F3/c1-2-3-18-4-6-19(7-5-18)21-8-10-24-17-22(9-11-23(24)16-21)20-12-14-25(15-13-20)26(27,28)29/h2-3,12-15,18-19,21-24H,4-11,16-17H2,1H3/b3-2+. The summed E-state index contributed by atoms with van der Waals surface area (Å²) >= 11 is 0. The van der Waals surface area contributed by atoms with Crippen molar-refractivity contribution in [3.05, 3.63) is 47.5 Å². The second-order valence-electron chi connectivity index (χ2n) is 9.92. The van der Waals surface area contributed by atoms with Crippen LogP contribution in [0.2, 0.25) is 0 Å². The molecule has 3 aliphatic carbocycles. The van der Waals surface area contributed by atoms with Gasteiger partial charge in [-0.05, 0) is 124 Å². The molecule has 0 aliphatic heterocycles. The lowest BCUT2D eigenvalue weighted by molar-refractivity contribution is -0.137. The molecular formula is C26H35F3. The second kappa shape index (κ2) is 8.86. The van der Waals surface area contributed by atoms with Crippen molar-refractivity contribution in [1.82, 2.24) is 0 Å². The molecule has 29 heavy (non-hydrogen) atoms. The maximum absolute atomic E-state index is 12.8. The summed E-state index contributed by atoms with van der Waals surface area (Å²) in [4.78, 5) is 0. The summed E-state index contributed by atoms with van der Waals surface area (Å²) in [5, 5.41) is 0. The number of hydrogen-bond donors (Lipinski definition) is 0. The minimum absolute atomic E-state index is 0.450. The van der Waals surface area contributed by atoms with E-state index in [0.29, 0.717) is 5.92 Å². The first-order valence-electron chi connectivity index (χ1n) is 11.7. The van der Waals surface area contributed by atoms with Crippen molar-refractivity contribution in [2.45, 2.75) is 83.2 Å². The molecule has 3 fully saturated rings. The number of alkyl halides is 3. The van der Waals surface area contributed by atoms with Gasteiger partial charge in [0.25, 0.3) is 0 Å². The summed E-state index contributed by atoms with van der Waals surface area (Å²) in [6, 6.07) is 5.98. The molecular weight excluding hydrogens is 369 g/mol. The highest BCUT2D eigenvalue weighted by Crippen LogP contribution is 2.51. The van der Waals surface area contributed by atoms with E-state index in [0.717, 1.165) is 41.6 Å². The zero-order valence-corrected chi connectivity index (χ0v) is 17.6. The molecule has 3 saturated carbocycles. The van der Waals surface area contributed by atoms with E-state index in [1.807, 2.05) is 0 Å². The van der Waals surface area contributed by atoms with Crippen LogP contribution in [-0.2, 0) is 6.18 Å². The van der Waals surface area contributed by atoms with Crippen molar-refractivity contribution in [2.24, 2.45) is 29.6 Å². The Labute approximate surface area is 174 Å². The fourth-order valence-corrected chi connectivity index (χ4v) is 6.68. The van der Waals surface area contributed by atoms with Crippen molar-refractivity contribution in [3.63, 3.8) is 0 Å². The number of hydrogen-bond acceptors (Lipinski definition) is 0. The third kappa shape index (κ3) is 4.91. The van der Waals surface area contributed by atoms with Gasteiger partial charge in [-0.25, -0.2) is 0 Å². The van der Waals surface area contributed by atoms with E-state index in [9.17, 15) is 13.2 Å². The lowest BCUT2D eigenvalue weighted by Gasteiger charge is -2.45. The lowest BCUT2D eigenvalue weighted by atomic mass is 9.60. The van der Waals surface area contributed by atoms with E-state index in [-0.39, 0.29) is 0 Å². The maximum Gasteiger partial charge on any atom is 0.416 e. The number of allylic oxidation sites excluding steroid dienone is 2. The van der Waals surface area contributed by atoms with Gasteiger partial charge in [-0.1, -0.05) is 24.3 Å². The van der Waals surface area contributed by atoms with Gasteiger partial charge in [0.1, 0.15) is 0 Å². The first-order chi connectivity index (χ1) is 13.9. The van der Waals surface area contributed by atoms with Crippen LogP contribution in [0.1, 0.15) is 88.2 Å². The van der Waals surface area contributed by atoms with Crippen LogP contribution in [0.25, 0.3) is 0 Å². The van der Waals surface area contributed by atoms with Crippen LogP contribution >= 0.6 is 0 Å². The average Bonchev–Trinajstić information content (AvgIpc) is 2.73. The highest BCUT2D eigenvalue weighted by molar-refractivity contribution is 5.27. The zero-order valence-electron chi connectivity index (χ0n) is 17.6. The predicted molar refractivity (Wildman–Crippen MR) is 113 cm³/mol. The van der Waals surface area contributed by atoms with Gasteiger partial charge < -0.3 is 0 Å². The van der Waals surface area contributed by atoms with Crippen molar-refractivity contribution < 1.29 is 13.2 Å². The minimum atomic E-state index is -4.24. The fourth-order valence-electron chi connectivity index (χ4n) is 6.68. The van der Waals surface area contributed by atoms with Crippen LogP contribution in [0.5, 0.6) is 0 Å². The van der Waals surface area contributed by atoms with Crippen molar-refractivity contribution in [2.75, 3.05) is 0 Å². The van der Waals surface area contributed by atoms with E-state index in [2.05, 4.69) is 19.1 Å². The maximum atomic E-state index is 12.8. The third-order valence-electron chi connectivity index (χ3n) is 8.31.